The van der Waals surface area contributed by atoms with Crippen LogP contribution in [-0.4, -0.2) is 48.0 Å². The number of carbonyl (C=O) groups is 2. The lowest BCUT2D eigenvalue weighted by molar-refractivity contribution is 0.0524. The van der Waals surface area contributed by atoms with Crippen molar-refractivity contribution in [3.8, 4) is 0 Å². The van der Waals surface area contributed by atoms with Gasteiger partial charge in [-0.3, -0.25) is 9.69 Å². The molecule has 0 aliphatic carbocycles. The number of rotatable bonds is 7. The number of hydrogen-bond acceptors (Lipinski definition) is 5. The first kappa shape index (κ1) is 22.2. The van der Waals surface area contributed by atoms with Crippen molar-refractivity contribution in [2.24, 2.45) is 0 Å². The van der Waals surface area contributed by atoms with Crippen molar-refractivity contribution >= 4 is 23.5 Å². The number of aromatic nitrogens is 1. The Balaban J connectivity index is 1.76. The topological polar surface area (TPSA) is 71.5 Å². The summed E-state index contributed by atoms with van der Waals surface area (Å²) in [7, 11) is 0. The van der Waals surface area contributed by atoms with E-state index in [1.54, 1.807) is 26.0 Å². The van der Waals surface area contributed by atoms with E-state index in [2.05, 4.69) is 15.2 Å². The summed E-state index contributed by atoms with van der Waals surface area (Å²) in [6.07, 6.45) is 2.04. The van der Waals surface area contributed by atoms with Crippen LogP contribution in [0.3, 0.4) is 0 Å². The molecule has 6 nitrogen and oxygen atoms in total. The molecule has 2 heterocycles. The Labute approximate surface area is 180 Å². The molecule has 1 aromatic heterocycles. The number of hydrogen-bond donors (Lipinski definition) is 1. The van der Waals surface area contributed by atoms with Crippen LogP contribution in [0.2, 0.25) is 5.02 Å². The first-order chi connectivity index (χ1) is 14.4. The van der Waals surface area contributed by atoms with E-state index >= 15 is 0 Å². The highest BCUT2D eigenvalue weighted by atomic mass is 35.5. The molecule has 1 saturated heterocycles. The number of halogens is 2. The van der Waals surface area contributed by atoms with Crippen LogP contribution in [-0.2, 0) is 4.74 Å². The van der Waals surface area contributed by atoms with Crippen molar-refractivity contribution in [2.45, 2.75) is 32.7 Å². The molecule has 1 aliphatic heterocycles. The minimum atomic E-state index is -0.474. The maximum Gasteiger partial charge on any atom is 0.339 e. The summed E-state index contributed by atoms with van der Waals surface area (Å²) in [6.45, 7) is 5.46. The average molecular weight is 434 g/mol. The maximum absolute atomic E-state index is 14.6. The number of likely N-dealkylation sites (tertiary alicyclic amines) is 1. The largest absolute Gasteiger partial charge is 0.462 e. The lowest BCUT2D eigenvalue weighted by Crippen LogP contribution is -2.37. The third-order valence-corrected chi connectivity index (χ3v) is 5.51. The quantitative estimate of drug-likeness (QED) is 0.670. The summed E-state index contributed by atoms with van der Waals surface area (Å²) >= 11 is 6.29. The molecule has 2 aromatic rings. The highest BCUT2D eigenvalue weighted by Crippen LogP contribution is 2.32. The monoisotopic (exact) mass is 433 g/mol. The number of nitrogens with one attached hydrogen (secondary N) is 1. The summed E-state index contributed by atoms with van der Waals surface area (Å²) in [4.78, 5) is 31.0. The van der Waals surface area contributed by atoms with E-state index in [-0.39, 0.29) is 30.7 Å². The Bertz CT molecular complexity index is 912. The van der Waals surface area contributed by atoms with Gasteiger partial charge >= 0.3 is 5.97 Å². The highest BCUT2D eigenvalue weighted by molar-refractivity contribution is 6.31. The third kappa shape index (κ3) is 4.96. The third-order valence-electron chi connectivity index (χ3n) is 5.18. The standard InChI is InChI=1S/C22H25ClFN3O3/c1-3-30-22(29)15-9-10-18(26-14(15)2)21(28)25-13-19(27-11-4-5-12-27)20-16(23)7-6-8-17(20)24/h6-10,19H,3-5,11-13H2,1-2H3,(H,25,28). The highest BCUT2D eigenvalue weighted by Gasteiger charge is 2.28. The van der Waals surface area contributed by atoms with Crippen molar-refractivity contribution in [2.75, 3.05) is 26.2 Å². The molecular weight excluding hydrogens is 409 g/mol. The molecule has 1 amide bonds. The first-order valence-corrected chi connectivity index (χ1v) is 10.4. The van der Waals surface area contributed by atoms with E-state index in [1.165, 1.54) is 18.2 Å². The maximum atomic E-state index is 14.6. The van der Waals surface area contributed by atoms with Crippen molar-refractivity contribution < 1.29 is 18.7 Å². The van der Waals surface area contributed by atoms with Crippen molar-refractivity contribution in [1.82, 2.24) is 15.2 Å². The molecule has 160 valence electrons. The van der Waals surface area contributed by atoms with Gasteiger partial charge in [0.25, 0.3) is 5.91 Å². The number of amides is 1. The molecule has 1 fully saturated rings. The summed E-state index contributed by atoms with van der Waals surface area (Å²) in [6, 6.07) is 7.24. The summed E-state index contributed by atoms with van der Waals surface area (Å²) < 4.78 is 19.5. The van der Waals surface area contributed by atoms with E-state index in [0.29, 0.717) is 21.8 Å². The Morgan fingerprint density at radius 3 is 2.63 bits per heavy atom. The molecule has 1 aromatic carbocycles. The zero-order chi connectivity index (χ0) is 21.7. The fourth-order valence-electron chi connectivity index (χ4n) is 3.69. The minimum absolute atomic E-state index is 0.181. The summed E-state index contributed by atoms with van der Waals surface area (Å²) in [5.74, 6) is -1.26. The zero-order valence-corrected chi connectivity index (χ0v) is 17.8. The van der Waals surface area contributed by atoms with Gasteiger partial charge in [-0.05, 0) is 64.0 Å². The fourth-order valence-corrected chi connectivity index (χ4v) is 3.98. The van der Waals surface area contributed by atoms with E-state index in [9.17, 15) is 14.0 Å². The predicted molar refractivity (Wildman–Crippen MR) is 112 cm³/mol. The molecule has 0 saturated carbocycles. The van der Waals surface area contributed by atoms with Crippen LogP contribution in [0.5, 0.6) is 0 Å². The number of pyridine rings is 1. The van der Waals surface area contributed by atoms with E-state index < -0.39 is 11.9 Å². The Morgan fingerprint density at radius 1 is 1.27 bits per heavy atom. The van der Waals surface area contributed by atoms with E-state index in [0.717, 1.165) is 25.9 Å². The molecule has 3 rings (SSSR count). The lowest BCUT2D eigenvalue weighted by atomic mass is 10.0. The second-order valence-electron chi connectivity index (χ2n) is 7.15. The fraction of sp³-hybridized carbons (Fsp3) is 0.409. The van der Waals surface area contributed by atoms with Gasteiger partial charge in [0.15, 0.2) is 0 Å². The van der Waals surface area contributed by atoms with Gasteiger partial charge in [0, 0.05) is 17.1 Å². The van der Waals surface area contributed by atoms with Gasteiger partial charge in [-0.2, -0.15) is 0 Å². The first-order valence-electron chi connectivity index (χ1n) is 10.0. The number of aryl methyl sites for hydroxylation is 1. The summed E-state index contributed by atoms with van der Waals surface area (Å²) in [5.41, 5.74) is 1.30. The molecule has 0 radical (unpaired) electrons. The molecule has 1 atom stereocenters. The van der Waals surface area contributed by atoms with Crippen LogP contribution in [0.4, 0.5) is 4.39 Å². The second kappa shape index (κ2) is 10.00. The lowest BCUT2D eigenvalue weighted by Gasteiger charge is -2.29. The Kier molecular flexibility index (Phi) is 7.39. The predicted octanol–water partition coefficient (Wildman–Crippen LogP) is 3.93. The van der Waals surface area contributed by atoms with Crippen molar-refractivity contribution in [3.05, 3.63) is 63.7 Å². The Morgan fingerprint density at radius 2 is 2.00 bits per heavy atom. The molecule has 30 heavy (non-hydrogen) atoms. The molecular formula is C22H25ClFN3O3. The van der Waals surface area contributed by atoms with E-state index in [1.807, 2.05) is 0 Å². The van der Waals surface area contributed by atoms with Gasteiger partial charge < -0.3 is 10.1 Å². The average Bonchev–Trinajstić information content (AvgIpc) is 3.24. The van der Waals surface area contributed by atoms with Gasteiger partial charge in [-0.25, -0.2) is 14.2 Å². The van der Waals surface area contributed by atoms with Gasteiger partial charge in [0.1, 0.15) is 11.5 Å². The van der Waals surface area contributed by atoms with Crippen LogP contribution in [0, 0.1) is 12.7 Å². The number of nitrogens with zero attached hydrogens (tertiary/aromatic N) is 2. The van der Waals surface area contributed by atoms with Gasteiger partial charge in [-0.1, -0.05) is 17.7 Å². The summed E-state index contributed by atoms with van der Waals surface area (Å²) in [5, 5.41) is 3.19. The molecule has 8 heteroatoms. The number of benzene rings is 1. The number of carbonyl (C=O) groups excluding carboxylic acids is 2. The molecule has 0 spiro atoms. The molecule has 0 bridgehead atoms. The van der Waals surface area contributed by atoms with Crippen LogP contribution >= 0.6 is 11.6 Å². The minimum Gasteiger partial charge on any atom is -0.462 e. The van der Waals surface area contributed by atoms with Gasteiger partial charge in [0.2, 0.25) is 0 Å². The Hall–Kier alpha value is -2.51. The van der Waals surface area contributed by atoms with Gasteiger partial charge in [0.05, 0.1) is 23.9 Å². The molecule has 1 N–H and O–H groups in total. The molecule has 1 unspecified atom stereocenters. The van der Waals surface area contributed by atoms with Crippen LogP contribution in [0.25, 0.3) is 0 Å². The smallest absolute Gasteiger partial charge is 0.339 e. The SMILES string of the molecule is CCOC(=O)c1ccc(C(=O)NCC(c2c(F)cccc2Cl)N2CCCC2)nc1C. The molecule has 1 aliphatic rings. The number of esters is 1. The van der Waals surface area contributed by atoms with Crippen molar-refractivity contribution in [3.63, 3.8) is 0 Å². The zero-order valence-electron chi connectivity index (χ0n) is 17.1. The second-order valence-corrected chi connectivity index (χ2v) is 7.56. The van der Waals surface area contributed by atoms with Gasteiger partial charge in [-0.15, -0.1) is 0 Å². The number of ether oxygens (including phenoxy) is 1. The van der Waals surface area contributed by atoms with Crippen molar-refractivity contribution in [1.29, 1.82) is 0 Å². The van der Waals surface area contributed by atoms with Crippen LogP contribution in [0.1, 0.15) is 57.9 Å². The van der Waals surface area contributed by atoms with Crippen LogP contribution < -0.4 is 5.32 Å². The van der Waals surface area contributed by atoms with E-state index in [4.69, 9.17) is 16.3 Å². The normalized spacial score (nSPS) is 15.1. The van der Waals surface area contributed by atoms with Crippen LogP contribution in [0.15, 0.2) is 30.3 Å².